The number of benzene rings is 2. The molecule has 0 aliphatic rings. The van der Waals surface area contributed by atoms with Crippen LogP contribution in [0.2, 0.25) is 0 Å². The van der Waals surface area contributed by atoms with Crippen LogP contribution >= 0.6 is 0 Å². The molecule has 1 heterocycles. The van der Waals surface area contributed by atoms with Gasteiger partial charge in [-0.05, 0) is 38.1 Å². The number of hydrogen-bond donors (Lipinski definition) is 2. The summed E-state index contributed by atoms with van der Waals surface area (Å²) < 4.78 is 5.75. The molecule has 0 saturated carbocycles. The Hall–Kier alpha value is -3.35. The van der Waals surface area contributed by atoms with Crippen molar-refractivity contribution in [2.45, 2.75) is 19.9 Å². The van der Waals surface area contributed by atoms with Crippen molar-refractivity contribution >= 4 is 28.3 Å². The first-order valence-electron chi connectivity index (χ1n) is 8.31. The van der Waals surface area contributed by atoms with Crippen LogP contribution in [0, 0.1) is 10.1 Å². The highest BCUT2D eigenvalue weighted by atomic mass is 16.6. The molecule has 2 N–H and O–H groups in total. The molecule has 7 heteroatoms. The summed E-state index contributed by atoms with van der Waals surface area (Å²) in [6.07, 6.45) is 0. The molecular formula is C19H19N3O4. The van der Waals surface area contributed by atoms with Crippen molar-refractivity contribution in [3.8, 4) is 0 Å². The van der Waals surface area contributed by atoms with Crippen LogP contribution in [0.5, 0.6) is 0 Å². The molecule has 1 atom stereocenters. The number of para-hydroxylation sites is 1. The minimum atomic E-state index is -0.503. The monoisotopic (exact) mass is 353 g/mol. The Morgan fingerprint density at radius 2 is 2.00 bits per heavy atom. The average Bonchev–Trinajstić information content (AvgIpc) is 3.06. The molecule has 7 nitrogen and oxygen atoms in total. The smallest absolute Gasteiger partial charge is 0.293 e. The summed E-state index contributed by atoms with van der Waals surface area (Å²) in [4.78, 5) is 23.2. The Morgan fingerprint density at radius 1 is 1.23 bits per heavy atom. The minimum absolute atomic E-state index is 0.129. The number of nitrogens with one attached hydrogen (secondary N) is 2. The molecule has 0 spiro atoms. The van der Waals surface area contributed by atoms with Gasteiger partial charge < -0.3 is 15.1 Å². The molecule has 0 radical (unpaired) electrons. The summed E-state index contributed by atoms with van der Waals surface area (Å²) in [6, 6.07) is 13.5. The number of anilines is 1. The Balaban J connectivity index is 1.80. The molecule has 3 rings (SSSR count). The molecular weight excluding hydrogens is 334 g/mol. The maximum Gasteiger partial charge on any atom is 0.293 e. The second-order valence-corrected chi connectivity index (χ2v) is 5.90. The third-order valence-corrected chi connectivity index (χ3v) is 4.04. The van der Waals surface area contributed by atoms with Crippen molar-refractivity contribution in [2.75, 3.05) is 11.9 Å². The molecule has 3 aromatic rings. The van der Waals surface area contributed by atoms with Crippen molar-refractivity contribution in [1.82, 2.24) is 5.32 Å². The van der Waals surface area contributed by atoms with Gasteiger partial charge in [0.15, 0.2) is 0 Å². The average molecular weight is 353 g/mol. The van der Waals surface area contributed by atoms with Gasteiger partial charge in [0.2, 0.25) is 0 Å². The van der Waals surface area contributed by atoms with E-state index >= 15 is 0 Å². The van der Waals surface area contributed by atoms with Crippen LogP contribution in [0.1, 0.15) is 36.0 Å². The summed E-state index contributed by atoms with van der Waals surface area (Å²) in [5.74, 6) is 0.224. The number of rotatable bonds is 6. The number of carbonyl (C=O) groups excluding carboxylic acids is 1. The molecule has 2 aromatic carbocycles. The SMILES string of the molecule is CCNc1ccc(C(=O)N[C@H](C)c2cc3ccccc3o2)cc1[N+](=O)[O-]. The van der Waals surface area contributed by atoms with Crippen molar-refractivity contribution in [3.05, 3.63) is 70.0 Å². The molecule has 134 valence electrons. The molecule has 1 aromatic heterocycles. The zero-order valence-electron chi connectivity index (χ0n) is 14.5. The second-order valence-electron chi connectivity index (χ2n) is 5.90. The van der Waals surface area contributed by atoms with E-state index in [4.69, 9.17) is 4.42 Å². The standard InChI is InChI=1S/C19H19N3O4/c1-3-20-15-9-8-14(10-16(15)22(24)25)19(23)21-12(2)18-11-13-6-4-5-7-17(13)26-18/h4-12,20H,3H2,1-2H3,(H,21,23)/t12-/m1/s1. The van der Waals surface area contributed by atoms with Gasteiger partial charge in [0.05, 0.1) is 11.0 Å². The molecule has 0 bridgehead atoms. The normalized spacial score (nSPS) is 11.9. The molecule has 0 unspecified atom stereocenters. The van der Waals surface area contributed by atoms with E-state index in [-0.39, 0.29) is 17.3 Å². The quantitative estimate of drug-likeness (QED) is 0.509. The summed E-state index contributed by atoms with van der Waals surface area (Å²) in [6.45, 7) is 4.20. The van der Waals surface area contributed by atoms with Gasteiger partial charge in [0.1, 0.15) is 17.0 Å². The maximum atomic E-state index is 12.5. The molecule has 0 aliphatic carbocycles. The van der Waals surface area contributed by atoms with E-state index in [0.717, 1.165) is 11.0 Å². The first kappa shape index (κ1) is 17.5. The van der Waals surface area contributed by atoms with Crippen LogP contribution in [-0.4, -0.2) is 17.4 Å². The van der Waals surface area contributed by atoms with Crippen LogP contribution in [0.25, 0.3) is 11.0 Å². The number of carbonyl (C=O) groups is 1. The van der Waals surface area contributed by atoms with Crippen LogP contribution < -0.4 is 10.6 Å². The lowest BCUT2D eigenvalue weighted by Crippen LogP contribution is -2.26. The lowest BCUT2D eigenvalue weighted by molar-refractivity contribution is -0.384. The van der Waals surface area contributed by atoms with Crippen molar-refractivity contribution in [1.29, 1.82) is 0 Å². The van der Waals surface area contributed by atoms with Crippen molar-refractivity contribution in [3.63, 3.8) is 0 Å². The van der Waals surface area contributed by atoms with Gasteiger partial charge >= 0.3 is 0 Å². The fourth-order valence-electron chi connectivity index (χ4n) is 2.73. The highest BCUT2D eigenvalue weighted by molar-refractivity contribution is 5.96. The topological polar surface area (TPSA) is 97.4 Å². The minimum Gasteiger partial charge on any atom is -0.459 e. The van der Waals surface area contributed by atoms with Crippen LogP contribution in [0.3, 0.4) is 0 Å². The number of nitro benzene ring substituents is 1. The highest BCUT2D eigenvalue weighted by Gasteiger charge is 2.20. The molecule has 1 amide bonds. The van der Waals surface area contributed by atoms with Gasteiger partial charge in [-0.2, -0.15) is 0 Å². The molecule has 0 fully saturated rings. The maximum absolute atomic E-state index is 12.5. The summed E-state index contributed by atoms with van der Waals surface area (Å²) >= 11 is 0. The van der Waals surface area contributed by atoms with Gasteiger partial charge in [-0.3, -0.25) is 14.9 Å². The fourth-order valence-corrected chi connectivity index (χ4v) is 2.73. The van der Waals surface area contributed by atoms with E-state index in [0.29, 0.717) is 18.0 Å². The van der Waals surface area contributed by atoms with E-state index in [1.54, 1.807) is 19.1 Å². The van der Waals surface area contributed by atoms with E-state index in [1.807, 2.05) is 37.3 Å². The number of nitrogens with zero attached hydrogens (tertiary/aromatic N) is 1. The zero-order valence-corrected chi connectivity index (χ0v) is 14.5. The third-order valence-electron chi connectivity index (χ3n) is 4.04. The fraction of sp³-hybridized carbons (Fsp3) is 0.211. The summed E-state index contributed by atoms with van der Waals surface area (Å²) in [5.41, 5.74) is 1.23. The third kappa shape index (κ3) is 3.51. The van der Waals surface area contributed by atoms with E-state index in [1.165, 1.54) is 6.07 Å². The van der Waals surface area contributed by atoms with Gasteiger partial charge in [-0.25, -0.2) is 0 Å². The Kier molecular flexibility index (Phi) is 4.88. The zero-order chi connectivity index (χ0) is 18.7. The second kappa shape index (κ2) is 7.26. The first-order valence-corrected chi connectivity index (χ1v) is 8.31. The van der Waals surface area contributed by atoms with Crippen LogP contribution in [0.15, 0.2) is 52.9 Å². The first-order chi connectivity index (χ1) is 12.5. The van der Waals surface area contributed by atoms with E-state index < -0.39 is 10.8 Å². The number of fused-ring (bicyclic) bond motifs is 1. The van der Waals surface area contributed by atoms with Gasteiger partial charge in [0.25, 0.3) is 11.6 Å². The Bertz CT molecular complexity index is 931. The number of hydrogen-bond acceptors (Lipinski definition) is 5. The van der Waals surface area contributed by atoms with Crippen LogP contribution in [0.4, 0.5) is 11.4 Å². The van der Waals surface area contributed by atoms with Crippen molar-refractivity contribution < 1.29 is 14.1 Å². The lowest BCUT2D eigenvalue weighted by atomic mass is 10.1. The molecule has 0 saturated heterocycles. The van der Waals surface area contributed by atoms with E-state index in [9.17, 15) is 14.9 Å². The Morgan fingerprint density at radius 3 is 2.69 bits per heavy atom. The van der Waals surface area contributed by atoms with E-state index in [2.05, 4.69) is 10.6 Å². The van der Waals surface area contributed by atoms with Crippen LogP contribution in [-0.2, 0) is 0 Å². The Labute approximate surface area is 150 Å². The largest absolute Gasteiger partial charge is 0.459 e. The number of furan rings is 1. The van der Waals surface area contributed by atoms with Gasteiger partial charge in [0, 0.05) is 23.6 Å². The van der Waals surface area contributed by atoms with Gasteiger partial charge in [-0.15, -0.1) is 0 Å². The molecule has 0 aliphatic heterocycles. The van der Waals surface area contributed by atoms with Gasteiger partial charge in [-0.1, -0.05) is 18.2 Å². The van der Waals surface area contributed by atoms with Crippen molar-refractivity contribution in [2.24, 2.45) is 0 Å². The highest BCUT2D eigenvalue weighted by Crippen LogP contribution is 2.27. The predicted molar refractivity (Wildman–Crippen MR) is 99.4 cm³/mol. The lowest BCUT2D eigenvalue weighted by Gasteiger charge is -2.12. The number of nitro groups is 1. The molecule has 26 heavy (non-hydrogen) atoms. The summed E-state index contributed by atoms with van der Waals surface area (Å²) in [5, 5.41) is 17.9. The summed E-state index contributed by atoms with van der Waals surface area (Å²) in [7, 11) is 0. The number of amides is 1. The predicted octanol–water partition coefficient (Wildman–Crippen LogP) is 4.26.